The van der Waals surface area contributed by atoms with Gasteiger partial charge in [0.15, 0.2) is 0 Å². The van der Waals surface area contributed by atoms with Crippen LogP contribution in [0.4, 0.5) is 0 Å². The van der Waals surface area contributed by atoms with Crippen molar-refractivity contribution in [2.45, 2.75) is 48.0 Å². The summed E-state index contributed by atoms with van der Waals surface area (Å²) < 4.78 is 0. The lowest BCUT2D eigenvalue weighted by Gasteiger charge is -2.13. The minimum atomic E-state index is 0.0000477. The van der Waals surface area contributed by atoms with Crippen LogP contribution in [0.15, 0.2) is 23.8 Å². The molecular formula is C20H34N2O. The molecule has 0 aliphatic rings. The Morgan fingerprint density at radius 1 is 1.17 bits per heavy atom. The lowest BCUT2D eigenvalue weighted by molar-refractivity contribution is 0.0951. The molecule has 1 N–H and O–H groups in total. The van der Waals surface area contributed by atoms with Gasteiger partial charge in [0.05, 0.1) is 0 Å². The molecular weight excluding hydrogens is 284 g/mol. The van der Waals surface area contributed by atoms with E-state index in [1.54, 1.807) is 0 Å². The maximum Gasteiger partial charge on any atom is 0.251 e. The molecule has 130 valence electrons. The number of nitrogens with one attached hydrogen (secondary N) is 1. The Morgan fingerprint density at radius 2 is 1.78 bits per heavy atom. The Kier molecular flexibility index (Phi) is 10.2. The van der Waals surface area contributed by atoms with Crippen LogP contribution >= 0.6 is 0 Å². The van der Waals surface area contributed by atoms with Crippen molar-refractivity contribution < 1.29 is 4.79 Å². The number of rotatable bonds is 6. The fraction of sp³-hybridized carbons (Fsp3) is 0.550. The molecule has 3 heteroatoms. The largest absolute Gasteiger partial charge is 0.351 e. The van der Waals surface area contributed by atoms with Crippen molar-refractivity contribution in [1.29, 1.82) is 0 Å². The number of amides is 1. The Hall–Kier alpha value is -1.61. The van der Waals surface area contributed by atoms with E-state index in [0.29, 0.717) is 6.54 Å². The van der Waals surface area contributed by atoms with Crippen molar-refractivity contribution in [1.82, 2.24) is 10.2 Å². The van der Waals surface area contributed by atoms with E-state index in [-0.39, 0.29) is 5.91 Å². The number of nitrogens with zero attached hydrogens (tertiary/aromatic N) is 1. The summed E-state index contributed by atoms with van der Waals surface area (Å²) in [5, 5.41) is 2.96. The maximum atomic E-state index is 12.2. The number of aryl methyl sites for hydroxylation is 1. The number of carbonyl (C=O) groups excluding carboxylic acids is 1. The fourth-order valence-electron chi connectivity index (χ4n) is 2.16. The van der Waals surface area contributed by atoms with Gasteiger partial charge in [-0.3, -0.25) is 4.79 Å². The Bertz CT molecular complexity index is 530. The van der Waals surface area contributed by atoms with Crippen LogP contribution in [0.25, 0.3) is 5.57 Å². The molecule has 3 nitrogen and oxygen atoms in total. The van der Waals surface area contributed by atoms with Crippen LogP contribution < -0.4 is 5.32 Å². The summed E-state index contributed by atoms with van der Waals surface area (Å²) in [6.07, 6.45) is 1.03. The van der Waals surface area contributed by atoms with Gasteiger partial charge in [0.2, 0.25) is 0 Å². The topological polar surface area (TPSA) is 32.3 Å². The first kappa shape index (κ1) is 21.4. The second-order valence-electron chi connectivity index (χ2n) is 5.85. The standard InChI is InChI=1S/C18H28N2O.C2H6/c1-7-13(2)15(4)17-12-16(9-8-14(17)3)18(21)19-10-11-20(5)6;1-2/h8-9,12H,7,10-11H2,1-6H3,(H,19,21);1-2H3/b15-13-;. The second kappa shape index (κ2) is 11.0. The average molecular weight is 319 g/mol. The van der Waals surface area contributed by atoms with Crippen LogP contribution in [0.3, 0.4) is 0 Å². The normalized spacial score (nSPS) is 11.5. The highest BCUT2D eigenvalue weighted by atomic mass is 16.1. The van der Waals surface area contributed by atoms with Gasteiger partial charge in [-0.25, -0.2) is 0 Å². The van der Waals surface area contributed by atoms with Gasteiger partial charge in [-0.2, -0.15) is 0 Å². The van der Waals surface area contributed by atoms with E-state index in [4.69, 9.17) is 0 Å². The molecule has 0 aromatic heterocycles. The van der Waals surface area contributed by atoms with Gasteiger partial charge in [0.25, 0.3) is 5.91 Å². The van der Waals surface area contributed by atoms with Crippen LogP contribution in [-0.2, 0) is 0 Å². The van der Waals surface area contributed by atoms with Crippen LogP contribution in [0.5, 0.6) is 0 Å². The van der Waals surface area contributed by atoms with Crippen molar-refractivity contribution in [3.63, 3.8) is 0 Å². The molecule has 0 bridgehead atoms. The van der Waals surface area contributed by atoms with E-state index in [1.165, 1.54) is 22.3 Å². The third-order valence-corrected chi connectivity index (χ3v) is 3.92. The summed E-state index contributed by atoms with van der Waals surface area (Å²) in [5.41, 5.74) is 5.76. The molecule has 0 saturated carbocycles. The summed E-state index contributed by atoms with van der Waals surface area (Å²) in [6, 6.07) is 5.94. The quantitative estimate of drug-likeness (QED) is 0.836. The Balaban J connectivity index is 0.00000232. The minimum Gasteiger partial charge on any atom is -0.351 e. The molecule has 23 heavy (non-hydrogen) atoms. The minimum absolute atomic E-state index is 0.0000477. The fourth-order valence-corrected chi connectivity index (χ4v) is 2.16. The molecule has 1 aromatic carbocycles. The molecule has 0 unspecified atom stereocenters. The van der Waals surface area contributed by atoms with E-state index < -0.39 is 0 Å². The van der Waals surface area contributed by atoms with Crippen LogP contribution in [-0.4, -0.2) is 38.0 Å². The van der Waals surface area contributed by atoms with Gasteiger partial charge >= 0.3 is 0 Å². The molecule has 1 amide bonds. The monoisotopic (exact) mass is 318 g/mol. The molecule has 0 aliphatic carbocycles. The molecule has 0 heterocycles. The van der Waals surface area contributed by atoms with Crippen LogP contribution in [0.2, 0.25) is 0 Å². The highest BCUT2D eigenvalue weighted by molar-refractivity contribution is 5.95. The van der Waals surface area contributed by atoms with E-state index in [0.717, 1.165) is 18.5 Å². The van der Waals surface area contributed by atoms with Gasteiger partial charge in [-0.15, -0.1) is 0 Å². The van der Waals surface area contributed by atoms with Gasteiger partial charge in [0, 0.05) is 18.7 Å². The van der Waals surface area contributed by atoms with Crippen LogP contribution in [0.1, 0.15) is 62.5 Å². The van der Waals surface area contributed by atoms with Crippen molar-refractivity contribution in [2.75, 3.05) is 27.2 Å². The first-order valence-corrected chi connectivity index (χ1v) is 8.57. The van der Waals surface area contributed by atoms with Gasteiger partial charge in [-0.05, 0) is 70.1 Å². The number of carbonyl (C=O) groups is 1. The van der Waals surface area contributed by atoms with Crippen molar-refractivity contribution in [3.05, 3.63) is 40.5 Å². The number of hydrogen-bond donors (Lipinski definition) is 1. The van der Waals surface area contributed by atoms with Crippen molar-refractivity contribution in [2.24, 2.45) is 0 Å². The highest BCUT2D eigenvalue weighted by Crippen LogP contribution is 2.24. The molecule has 0 fully saturated rings. The zero-order valence-electron chi connectivity index (χ0n) is 16.2. The number of hydrogen-bond acceptors (Lipinski definition) is 2. The average Bonchev–Trinajstić information content (AvgIpc) is 2.55. The first-order valence-electron chi connectivity index (χ1n) is 8.57. The molecule has 0 spiro atoms. The van der Waals surface area contributed by atoms with Gasteiger partial charge < -0.3 is 10.2 Å². The van der Waals surface area contributed by atoms with E-state index in [1.807, 2.05) is 46.1 Å². The lowest BCUT2D eigenvalue weighted by atomic mass is 9.95. The summed E-state index contributed by atoms with van der Waals surface area (Å²) >= 11 is 0. The van der Waals surface area contributed by atoms with Crippen molar-refractivity contribution in [3.8, 4) is 0 Å². The SMILES string of the molecule is CC.CC/C(C)=C(/C)c1cc(C(=O)NCCN(C)C)ccc1C. The molecule has 0 atom stereocenters. The number of benzene rings is 1. The summed E-state index contributed by atoms with van der Waals surface area (Å²) in [7, 11) is 4.00. The Morgan fingerprint density at radius 3 is 2.30 bits per heavy atom. The molecule has 0 radical (unpaired) electrons. The summed E-state index contributed by atoms with van der Waals surface area (Å²) in [4.78, 5) is 14.3. The van der Waals surface area contributed by atoms with Gasteiger partial charge in [0.1, 0.15) is 0 Å². The number of likely N-dealkylation sites (N-methyl/N-ethyl adjacent to an activating group) is 1. The number of allylic oxidation sites excluding steroid dienone is 2. The smallest absolute Gasteiger partial charge is 0.251 e. The lowest BCUT2D eigenvalue weighted by Crippen LogP contribution is -2.31. The van der Waals surface area contributed by atoms with E-state index in [9.17, 15) is 4.79 Å². The van der Waals surface area contributed by atoms with Crippen molar-refractivity contribution >= 4 is 11.5 Å². The molecule has 1 rings (SSSR count). The third kappa shape index (κ3) is 7.00. The predicted octanol–water partition coefficient (Wildman–Crippen LogP) is 4.52. The maximum absolute atomic E-state index is 12.2. The molecule has 1 aromatic rings. The zero-order chi connectivity index (χ0) is 18.0. The molecule has 0 aliphatic heterocycles. The zero-order valence-corrected chi connectivity index (χ0v) is 16.2. The molecule has 0 saturated heterocycles. The van der Waals surface area contributed by atoms with Gasteiger partial charge in [-0.1, -0.05) is 32.4 Å². The van der Waals surface area contributed by atoms with E-state index >= 15 is 0 Å². The second-order valence-corrected chi connectivity index (χ2v) is 5.85. The first-order chi connectivity index (χ1) is 10.9. The Labute approximate surface area is 142 Å². The summed E-state index contributed by atoms with van der Waals surface area (Å²) in [6.45, 7) is 14.0. The predicted molar refractivity (Wildman–Crippen MR) is 102 cm³/mol. The van der Waals surface area contributed by atoms with E-state index in [2.05, 4.69) is 37.9 Å². The summed E-state index contributed by atoms with van der Waals surface area (Å²) in [5.74, 6) is 0.0000477. The van der Waals surface area contributed by atoms with Crippen LogP contribution in [0, 0.1) is 6.92 Å². The third-order valence-electron chi connectivity index (χ3n) is 3.92. The highest BCUT2D eigenvalue weighted by Gasteiger charge is 2.10.